The van der Waals surface area contributed by atoms with Crippen LogP contribution in [0.4, 0.5) is 5.69 Å². The van der Waals surface area contributed by atoms with E-state index in [-0.39, 0.29) is 12.5 Å². The molecule has 1 amide bonds. The smallest absolute Gasteiger partial charge is 0.294 e. The monoisotopic (exact) mass is 248 g/mol. The average molecular weight is 248 g/mol. The van der Waals surface area contributed by atoms with E-state index < -0.39 is 11.7 Å². The minimum Gasteiger partial charge on any atom is -0.380 e. The number of rotatable bonds is 4. The van der Waals surface area contributed by atoms with Gasteiger partial charge in [0, 0.05) is 13.3 Å². The van der Waals surface area contributed by atoms with Gasteiger partial charge in [-0.2, -0.15) is 0 Å². The first-order valence-corrected chi connectivity index (χ1v) is 5.98. The number of Topliss-reactive ketones (excluding diaryl/α,β-unsaturated/α-hetero) is 1. The topological polar surface area (TPSA) is 59.5 Å². The van der Waals surface area contributed by atoms with Gasteiger partial charge in [-0.15, -0.1) is 0 Å². The summed E-state index contributed by atoms with van der Waals surface area (Å²) in [5.74, 6) is -0.877. The molecule has 18 heavy (non-hydrogen) atoms. The second kappa shape index (κ2) is 5.27. The van der Waals surface area contributed by atoms with E-state index in [2.05, 4.69) is 4.98 Å². The lowest BCUT2D eigenvalue weighted by molar-refractivity contribution is -0.136. The van der Waals surface area contributed by atoms with Gasteiger partial charge in [0.2, 0.25) is 5.78 Å². The number of hydrogen-bond acceptors (Lipinski definition) is 4. The molecule has 0 fully saturated rings. The second-order valence-corrected chi connectivity index (χ2v) is 4.25. The van der Waals surface area contributed by atoms with E-state index in [9.17, 15) is 9.59 Å². The lowest BCUT2D eigenvalue weighted by Gasteiger charge is -2.30. The van der Waals surface area contributed by atoms with Crippen molar-refractivity contribution in [3.8, 4) is 0 Å². The van der Waals surface area contributed by atoms with Gasteiger partial charge in [0.05, 0.1) is 30.5 Å². The number of carbonyl (C=O) groups excluding carboxylic acids is 2. The summed E-state index contributed by atoms with van der Waals surface area (Å²) in [4.78, 5) is 29.2. The number of ether oxygens (including phenoxy) is 1. The largest absolute Gasteiger partial charge is 0.380 e. The second-order valence-electron chi connectivity index (χ2n) is 4.25. The maximum Gasteiger partial charge on any atom is 0.294 e. The number of aromatic nitrogens is 1. The quantitative estimate of drug-likeness (QED) is 0.745. The van der Waals surface area contributed by atoms with E-state index >= 15 is 0 Å². The molecule has 0 spiro atoms. The summed E-state index contributed by atoms with van der Waals surface area (Å²) in [5, 5.41) is 0. The maximum absolute atomic E-state index is 11.9. The molecule has 0 N–H and O–H groups in total. The van der Waals surface area contributed by atoms with Gasteiger partial charge in [-0.25, -0.2) is 0 Å². The van der Waals surface area contributed by atoms with Gasteiger partial charge in [-0.05, 0) is 18.6 Å². The molecule has 0 radical (unpaired) electrons. The van der Waals surface area contributed by atoms with Crippen LogP contribution in [0, 0.1) is 0 Å². The van der Waals surface area contributed by atoms with Crippen LogP contribution in [0.5, 0.6) is 0 Å². The van der Waals surface area contributed by atoms with Gasteiger partial charge in [0.25, 0.3) is 5.91 Å². The number of amides is 1. The number of carbonyl (C=O) groups is 2. The third kappa shape index (κ3) is 2.26. The molecule has 1 atom stereocenters. The molecule has 5 heteroatoms. The lowest BCUT2D eigenvalue weighted by atomic mass is 10.0. The van der Waals surface area contributed by atoms with Crippen LogP contribution in [-0.4, -0.2) is 36.4 Å². The van der Waals surface area contributed by atoms with Crippen LogP contribution in [0.3, 0.4) is 0 Å². The fourth-order valence-corrected chi connectivity index (χ4v) is 2.05. The number of nitrogens with zero attached hydrogens (tertiary/aromatic N) is 2. The van der Waals surface area contributed by atoms with Crippen molar-refractivity contribution < 1.29 is 14.3 Å². The molecule has 0 aromatic carbocycles. The number of hydrogen-bond donors (Lipinski definition) is 0. The standard InChI is InChI=1S/C13H16N2O3/c1-3-9(18-2)8-15-11-5-4-6-14-10(11)7-12(16)13(15)17/h4-6,9H,3,7-8H2,1-2H3. The molecule has 1 unspecified atom stereocenters. The van der Waals surface area contributed by atoms with Crippen molar-refractivity contribution in [3.05, 3.63) is 24.0 Å². The highest BCUT2D eigenvalue weighted by molar-refractivity contribution is 6.43. The zero-order chi connectivity index (χ0) is 13.1. The highest BCUT2D eigenvalue weighted by atomic mass is 16.5. The molecule has 0 aliphatic carbocycles. The Labute approximate surface area is 106 Å². The van der Waals surface area contributed by atoms with E-state index in [1.165, 1.54) is 4.90 Å². The minimum absolute atomic E-state index is 0.0760. The van der Waals surface area contributed by atoms with Crippen LogP contribution >= 0.6 is 0 Å². The van der Waals surface area contributed by atoms with Crippen molar-refractivity contribution in [3.63, 3.8) is 0 Å². The third-order valence-corrected chi connectivity index (χ3v) is 3.14. The van der Waals surface area contributed by atoms with Crippen molar-refractivity contribution in [2.75, 3.05) is 18.6 Å². The van der Waals surface area contributed by atoms with E-state index in [1.807, 2.05) is 13.0 Å². The van der Waals surface area contributed by atoms with E-state index in [1.54, 1.807) is 19.4 Å². The third-order valence-electron chi connectivity index (χ3n) is 3.14. The van der Waals surface area contributed by atoms with E-state index in [0.29, 0.717) is 12.2 Å². The van der Waals surface area contributed by atoms with Crippen LogP contribution in [0.15, 0.2) is 18.3 Å². The van der Waals surface area contributed by atoms with E-state index in [0.717, 1.165) is 12.1 Å². The molecule has 0 bridgehead atoms. The number of ketones is 1. The number of anilines is 1. The Morgan fingerprint density at radius 2 is 2.28 bits per heavy atom. The zero-order valence-corrected chi connectivity index (χ0v) is 10.5. The first kappa shape index (κ1) is 12.7. The molecule has 1 aromatic heterocycles. The maximum atomic E-state index is 11.9. The summed E-state index contributed by atoms with van der Waals surface area (Å²) in [7, 11) is 1.61. The highest BCUT2D eigenvalue weighted by Crippen LogP contribution is 2.24. The molecule has 2 rings (SSSR count). The molecule has 1 aliphatic heterocycles. The van der Waals surface area contributed by atoms with Crippen molar-refractivity contribution in [2.24, 2.45) is 0 Å². The van der Waals surface area contributed by atoms with Gasteiger partial charge in [-0.1, -0.05) is 6.92 Å². The Kier molecular flexibility index (Phi) is 3.72. The average Bonchev–Trinajstić information content (AvgIpc) is 2.40. The number of methoxy groups -OCH3 is 1. The molecule has 1 aromatic rings. The Bertz CT molecular complexity index is 469. The van der Waals surface area contributed by atoms with Crippen molar-refractivity contribution in [1.82, 2.24) is 4.98 Å². The van der Waals surface area contributed by atoms with Crippen LogP contribution in [-0.2, 0) is 20.7 Å². The van der Waals surface area contributed by atoms with Gasteiger partial charge < -0.3 is 9.64 Å². The molecule has 0 saturated heterocycles. The first-order chi connectivity index (χ1) is 8.67. The summed E-state index contributed by atoms with van der Waals surface area (Å²) in [6, 6.07) is 3.58. The Morgan fingerprint density at radius 1 is 1.50 bits per heavy atom. The fourth-order valence-electron chi connectivity index (χ4n) is 2.05. The molecule has 5 nitrogen and oxygen atoms in total. The fraction of sp³-hybridized carbons (Fsp3) is 0.462. The molecule has 0 saturated carbocycles. The van der Waals surface area contributed by atoms with Crippen molar-refractivity contribution in [1.29, 1.82) is 0 Å². The first-order valence-electron chi connectivity index (χ1n) is 5.98. The summed E-state index contributed by atoms with van der Waals surface area (Å²) in [6.45, 7) is 2.37. The Balaban J connectivity index is 2.32. The van der Waals surface area contributed by atoms with Crippen LogP contribution in [0.25, 0.3) is 0 Å². The summed E-state index contributed by atoms with van der Waals surface area (Å²) in [6.07, 6.45) is 2.43. The molecule has 2 heterocycles. The lowest BCUT2D eigenvalue weighted by Crippen LogP contribution is -2.46. The predicted molar refractivity (Wildman–Crippen MR) is 66.4 cm³/mol. The molecule has 96 valence electrons. The minimum atomic E-state index is -0.467. The summed E-state index contributed by atoms with van der Waals surface area (Å²) in [5.41, 5.74) is 1.38. The van der Waals surface area contributed by atoms with Crippen LogP contribution in [0.2, 0.25) is 0 Å². The summed E-state index contributed by atoms with van der Waals surface area (Å²) < 4.78 is 5.28. The Hall–Kier alpha value is -1.75. The molecular formula is C13H16N2O3. The van der Waals surface area contributed by atoms with Crippen molar-refractivity contribution >= 4 is 17.4 Å². The Morgan fingerprint density at radius 3 is 2.94 bits per heavy atom. The normalized spacial score (nSPS) is 16.7. The summed E-state index contributed by atoms with van der Waals surface area (Å²) >= 11 is 0. The SMILES string of the molecule is CCC(CN1C(=O)C(=O)Cc2ncccc21)OC. The zero-order valence-electron chi connectivity index (χ0n) is 10.5. The van der Waals surface area contributed by atoms with Crippen LogP contribution in [0.1, 0.15) is 19.0 Å². The predicted octanol–water partition coefficient (Wildman–Crippen LogP) is 0.965. The van der Waals surface area contributed by atoms with Gasteiger partial charge in [-0.3, -0.25) is 14.6 Å². The highest BCUT2D eigenvalue weighted by Gasteiger charge is 2.32. The number of fused-ring (bicyclic) bond motifs is 1. The number of pyridine rings is 1. The molecular weight excluding hydrogens is 232 g/mol. The van der Waals surface area contributed by atoms with Crippen LogP contribution < -0.4 is 4.90 Å². The van der Waals surface area contributed by atoms with Crippen molar-refractivity contribution in [2.45, 2.75) is 25.9 Å². The van der Waals surface area contributed by atoms with Gasteiger partial charge in [0.1, 0.15) is 0 Å². The van der Waals surface area contributed by atoms with Gasteiger partial charge >= 0.3 is 0 Å². The van der Waals surface area contributed by atoms with Gasteiger partial charge in [0.15, 0.2) is 0 Å². The van der Waals surface area contributed by atoms with E-state index in [4.69, 9.17) is 4.74 Å². The molecule has 1 aliphatic rings.